The number of aromatic carboxylic acids is 1. The van der Waals surface area contributed by atoms with E-state index >= 15 is 0 Å². The minimum absolute atomic E-state index is 0.00907. The Morgan fingerprint density at radius 1 is 1.44 bits per heavy atom. The minimum atomic E-state index is -1.09. The van der Waals surface area contributed by atoms with Gasteiger partial charge in [-0.3, -0.25) is 0 Å². The molecule has 0 aromatic carbocycles. The van der Waals surface area contributed by atoms with E-state index in [1.807, 2.05) is 4.90 Å². The smallest absolute Gasteiger partial charge is 0.339 e. The summed E-state index contributed by atoms with van der Waals surface area (Å²) in [6, 6.07) is 1.46. The van der Waals surface area contributed by atoms with Crippen LogP contribution in [0.2, 0.25) is 5.15 Å². The summed E-state index contributed by atoms with van der Waals surface area (Å²) in [7, 11) is 0. The van der Waals surface area contributed by atoms with E-state index in [9.17, 15) is 4.79 Å². The Kier molecular flexibility index (Phi) is 3.21. The molecule has 1 aliphatic heterocycles. The highest BCUT2D eigenvalue weighted by Gasteiger charge is 2.17. The van der Waals surface area contributed by atoms with E-state index < -0.39 is 5.97 Å². The second-order valence-corrected chi connectivity index (χ2v) is 3.81. The highest BCUT2D eigenvalue weighted by molar-refractivity contribution is 6.32. The second-order valence-electron chi connectivity index (χ2n) is 3.45. The number of carboxylic acid groups (broad SMARTS) is 1. The van der Waals surface area contributed by atoms with Crippen molar-refractivity contribution in [3.05, 3.63) is 16.8 Å². The molecule has 7 heteroatoms. The van der Waals surface area contributed by atoms with E-state index in [0.717, 1.165) is 26.2 Å². The molecule has 1 saturated heterocycles. The van der Waals surface area contributed by atoms with Gasteiger partial charge in [-0.2, -0.15) is 0 Å². The van der Waals surface area contributed by atoms with E-state index in [1.54, 1.807) is 0 Å². The lowest BCUT2D eigenvalue weighted by Gasteiger charge is -2.28. The van der Waals surface area contributed by atoms with Gasteiger partial charge in [0.1, 0.15) is 5.56 Å². The van der Waals surface area contributed by atoms with Crippen molar-refractivity contribution in [2.45, 2.75) is 0 Å². The topological polar surface area (TPSA) is 78.4 Å². The molecule has 0 atom stereocenters. The number of nitrogens with zero attached hydrogens (tertiary/aromatic N) is 3. The number of rotatable bonds is 2. The molecule has 2 heterocycles. The monoisotopic (exact) mass is 242 g/mol. The lowest BCUT2D eigenvalue weighted by Crippen LogP contribution is -2.44. The van der Waals surface area contributed by atoms with Gasteiger partial charge in [0.25, 0.3) is 0 Å². The van der Waals surface area contributed by atoms with Crippen LogP contribution in [0.3, 0.4) is 0 Å². The highest BCUT2D eigenvalue weighted by atomic mass is 35.5. The van der Waals surface area contributed by atoms with Gasteiger partial charge in [-0.05, 0) is 0 Å². The van der Waals surface area contributed by atoms with Crippen LogP contribution in [0.5, 0.6) is 0 Å². The predicted octanol–water partition coefficient (Wildman–Crippen LogP) is 0.238. The van der Waals surface area contributed by atoms with Gasteiger partial charge < -0.3 is 15.3 Å². The second kappa shape index (κ2) is 4.63. The van der Waals surface area contributed by atoms with Crippen LogP contribution < -0.4 is 10.2 Å². The van der Waals surface area contributed by atoms with E-state index in [1.165, 1.54) is 6.07 Å². The molecular weight excluding hydrogens is 232 g/mol. The Morgan fingerprint density at radius 3 is 2.75 bits per heavy atom. The van der Waals surface area contributed by atoms with Crippen molar-refractivity contribution in [1.29, 1.82) is 0 Å². The fourth-order valence-electron chi connectivity index (χ4n) is 1.56. The number of carboxylic acids is 1. The number of piperazine rings is 1. The first-order valence-corrected chi connectivity index (χ1v) is 5.28. The molecule has 86 valence electrons. The molecule has 0 unspecified atom stereocenters. The molecule has 0 saturated carbocycles. The van der Waals surface area contributed by atoms with Crippen molar-refractivity contribution in [3.8, 4) is 0 Å². The summed E-state index contributed by atoms with van der Waals surface area (Å²) in [6.45, 7) is 3.28. The third-order valence-electron chi connectivity index (χ3n) is 2.41. The average molecular weight is 243 g/mol. The standard InChI is InChI=1S/C9H11ClN4O2/c10-8-6(9(15)16)5-7(12-13-8)14-3-1-11-2-4-14/h5,11H,1-4H2,(H,15,16). The van der Waals surface area contributed by atoms with E-state index in [-0.39, 0.29) is 10.7 Å². The van der Waals surface area contributed by atoms with Crippen molar-refractivity contribution in [2.75, 3.05) is 31.1 Å². The maximum absolute atomic E-state index is 10.9. The summed E-state index contributed by atoms with van der Waals surface area (Å²) in [6.07, 6.45) is 0. The lowest BCUT2D eigenvalue weighted by atomic mass is 10.3. The first kappa shape index (κ1) is 11.1. The van der Waals surface area contributed by atoms with Crippen molar-refractivity contribution >= 4 is 23.4 Å². The Bertz CT molecular complexity index is 406. The van der Waals surface area contributed by atoms with Crippen molar-refractivity contribution < 1.29 is 9.90 Å². The molecule has 0 radical (unpaired) electrons. The minimum Gasteiger partial charge on any atom is -0.478 e. The summed E-state index contributed by atoms with van der Waals surface area (Å²) in [5.41, 5.74) is -0.00907. The largest absolute Gasteiger partial charge is 0.478 e. The summed E-state index contributed by atoms with van der Waals surface area (Å²) in [5.74, 6) is -0.528. The first-order valence-electron chi connectivity index (χ1n) is 4.90. The van der Waals surface area contributed by atoms with Gasteiger partial charge in [0.2, 0.25) is 0 Å². The number of carbonyl (C=O) groups is 1. The number of hydrogen-bond acceptors (Lipinski definition) is 5. The maximum Gasteiger partial charge on any atom is 0.339 e. The molecule has 0 bridgehead atoms. The van der Waals surface area contributed by atoms with Gasteiger partial charge in [0.15, 0.2) is 11.0 Å². The SMILES string of the molecule is O=C(O)c1cc(N2CCNCC2)nnc1Cl. The van der Waals surface area contributed by atoms with Gasteiger partial charge in [0.05, 0.1) is 0 Å². The van der Waals surface area contributed by atoms with Crippen LogP contribution in [0.25, 0.3) is 0 Å². The molecular formula is C9H11ClN4O2. The fourth-order valence-corrected chi connectivity index (χ4v) is 1.74. The summed E-state index contributed by atoms with van der Waals surface area (Å²) >= 11 is 5.64. The van der Waals surface area contributed by atoms with Gasteiger partial charge in [0, 0.05) is 32.2 Å². The fraction of sp³-hybridized carbons (Fsp3) is 0.444. The molecule has 1 aromatic heterocycles. The van der Waals surface area contributed by atoms with Gasteiger partial charge in [-0.15, -0.1) is 10.2 Å². The zero-order valence-electron chi connectivity index (χ0n) is 8.48. The number of nitrogens with one attached hydrogen (secondary N) is 1. The first-order chi connectivity index (χ1) is 7.68. The van der Waals surface area contributed by atoms with Gasteiger partial charge in [-0.25, -0.2) is 4.79 Å². The zero-order valence-corrected chi connectivity index (χ0v) is 9.24. The van der Waals surface area contributed by atoms with Gasteiger partial charge >= 0.3 is 5.97 Å². The Balaban J connectivity index is 2.27. The number of anilines is 1. The summed E-state index contributed by atoms with van der Waals surface area (Å²) in [4.78, 5) is 12.9. The van der Waals surface area contributed by atoms with Crippen molar-refractivity contribution in [2.24, 2.45) is 0 Å². The number of aromatic nitrogens is 2. The third-order valence-corrected chi connectivity index (χ3v) is 2.69. The van der Waals surface area contributed by atoms with Crippen LogP contribution in [0.4, 0.5) is 5.82 Å². The van der Waals surface area contributed by atoms with Crippen LogP contribution in [0.15, 0.2) is 6.07 Å². The Morgan fingerprint density at radius 2 is 2.12 bits per heavy atom. The van der Waals surface area contributed by atoms with Crippen molar-refractivity contribution in [1.82, 2.24) is 15.5 Å². The molecule has 0 amide bonds. The molecule has 16 heavy (non-hydrogen) atoms. The summed E-state index contributed by atoms with van der Waals surface area (Å²) < 4.78 is 0. The normalized spacial score (nSPS) is 16.2. The summed E-state index contributed by atoms with van der Waals surface area (Å²) in [5, 5.41) is 19.6. The quantitative estimate of drug-likeness (QED) is 0.774. The van der Waals surface area contributed by atoms with Crippen molar-refractivity contribution in [3.63, 3.8) is 0 Å². The Labute approximate surface area is 97.2 Å². The van der Waals surface area contributed by atoms with Crippen LogP contribution in [0, 0.1) is 0 Å². The molecule has 1 aromatic rings. The molecule has 1 aliphatic rings. The molecule has 2 N–H and O–H groups in total. The average Bonchev–Trinajstić information content (AvgIpc) is 2.30. The number of halogens is 1. The molecule has 0 aliphatic carbocycles. The maximum atomic E-state index is 10.9. The van der Waals surface area contributed by atoms with E-state index in [0.29, 0.717) is 5.82 Å². The predicted molar refractivity (Wildman–Crippen MR) is 59.1 cm³/mol. The highest BCUT2D eigenvalue weighted by Crippen LogP contribution is 2.18. The molecule has 1 fully saturated rings. The van der Waals surface area contributed by atoms with Crippen LogP contribution >= 0.6 is 11.6 Å². The van der Waals surface area contributed by atoms with Crippen LogP contribution in [-0.4, -0.2) is 47.5 Å². The van der Waals surface area contributed by atoms with E-state index in [2.05, 4.69) is 15.5 Å². The van der Waals surface area contributed by atoms with Gasteiger partial charge in [-0.1, -0.05) is 11.6 Å². The molecule has 0 spiro atoms. The zero-order chi connectivity index (χ0) is 11.5. The Hall–Kier alpha value is -1.40. The number of hydrogen-bond donors (Lipinski definition) is 2. The lowest BCUT2D eigenvalue weighted by molar-refractivity contribution is 0.0696. The van der Waals surface area contributed by atoms with E-state index in [4.69, 9.17) is 16.7 Å². The third kappa shape index (κ3) is 2.23. The molecule has 2 rings (SSSR count). The molecule has 6 nitrogen and oxygen atoms in total. The van der Waals surface area contributed by atoms with Crippen LogP contribution in [0.1, 0.15) is 10.4 Å². The van der Waals surface area contributed by atoms with Crippen LogP contribution in [-0.2, 0) is 0 Å².